The molecule has 2 atom stereocenters. The molecule has 0 spiro atoms. The predicted octanol–water partition coefficient (Wildman–Crippen LogP) is 2.63. The first kappa shape index (κ1) is 12.2. The third kappa shape index (κ3) is 2.48. The van der Waals surface area contributed by atoms with Crippen LogP contribution in [-0.4, -0.2) is 5.11 Å². The molecule has 0 heterocycles. The summed E-state index contributed by atoms with van der Waals surface area (Å²) in [6.07, 6.45) is 0.942. The molecule has 0 saturated carbocycles. The standard InChI is InChI=1S/C16H18N2O/c17-15-9-16(14-4-2-1-3-13(14)15)18-10-11-5-7-12(19)8-6-11/h1-8,15-16,18-19H,9-10,17H2. The molecule has 0 radical (unpaired) electrons. The van der Waals surface area contributed by atoms with Gasteiger partial charge in [-0.3, -0.25) is 0 Å². The van der Waals surface area contributed by atoms with E-state index in [1.54, 1.807) is 12.1 Å². The van der Waals surface area contributed by atoms with E-state index in [1.165, 1.54) is 11.1 Å². The first-order chi connectivity index (χ1) is 9.24. The minimum absolute atomic E-state index is 0.133. The number of benzene rings is 2. The quantitative estimate of drug-likeness (QED) is 0.789. The normalized spacial score (nSPS) is 21.3. The van der Waals surface area contributed by atoms with Gasteiger partial charge in [0.15, 0.2) is 0 Å². The van der Waals surface area contributed by atoms with Gasteiger partial charge in [-0.2, -0.15) is 0 Å². The van der Waals surface area contributed by atoms with Crippen molar-refractivity contribution in [3.63, 3.8) is 0 Å². The monoisotopic (exact) mass is 254 g/mol. The van der Waals surface area contributed by atoms with Crippen molar-refractivity contribution in [2.75, 3.05) is 0 Å². The highest BCUT2D eigenvalue weighted by atomic mass is 16.3. The maximum atomic E-state index is 9.26. The lowest BCUT2D eigenvalue weighted by Gasteiger charge is -2.14. The topological polar surface area (TPSA) is 58.3 Å². The average Bonchev–Trinajstić information content (AvgIpc) is 2.76. The highest BCUT2D eigenvalue weighted by Crippen LogP contribution is 2.37. The molecule has 0 bridgehead atoms. The Labute approximate surface area is 113 Å². The van der Waals surface area contributed by atoms with Crippen LogP contribution in [0.5, 0.6) is 5.75 Å². The van der Waals surface area contributed by atoms with Gasteiger partial charge in [0.25, 0.3) is 0 Å². The van der Waals surface area contributed by atoms with Crippen molar-refractivity contribution in [2.24, 2.45) is 5.73 Å². The van der Waals surface area contributed by atoms with E-state index in [4.69, 9.17) is 5.73 Å². The molecule has 2 aromatic carbocycles. The van der Waals surface area contributed by atoms with Gasteiger partial charge in [-0.1, -0.05) is 36.4 Å². The van der Waals surface area contributed by atoms with Crippen molar-refractivity contribution in [3.8, 4) is 5.75 Å². The number of phenols is 1. The SMILES string of the molecule is NC1CC(NCc2ccc(O)cc2)c2ccccc21. The van der Waals surface area contributed by atoms with E-state index in [-0.39, 0.29) is 6.04 Å². The van der Waals surface area contributed by atoms with E-state index in [2.05, 4.69) is 23.5 Å². The van der Waals surface area contributed by atoms with E-state index >= 15 is 0 Å². The van der Waals surface area contributed by atoms with E-state index in [1.807, 2.05) is 18.2 Å². The maximum Gasteiger partial charge on any atom is 0.115 e. The minimum atomic E-state index is 0.133. The number of fused-ring (bicyclic) bond motifs is 1. The lowest BCUT2D eigenvalue weighted by atomic mass is 10.1. The van der Waals surface area contributed by atoms with Crippen LogP contribution in [0.2, 0.25) is 0 Å². The fourth-order valence-corrected chi connectivity index (χ4v) is 2.72. The maximum absolute atomic E-state index is 9.26. The van der Waals surface area contributed by atoms with Gasteiger partial charge in [0.2, 0.25) is 0 Å². The Bertz CT molecular complexity index is 565. The third-order valence-corrected chi connectivity index (χ3v) is 3.75. The highest BCUT2D eigenvalue weighted by molar-refractivity contribution is 5.37. The number of hydrogen-bond acceptors (Lipinski definition) is 3. The molecule has 4 N–H and O–H groups in total. The van der Waals surface area contributed by atoms with Crippen molar-refractivity contribution >= 4 is 0 Å². The Morgan fingerprint density at radius 2 is 1.74 bits per heavy atom. The minimum Gasteiger partial charge on any atom is -0.508 e. The van der Waals surface area contributed by atoms with Crippen LogP contribution in [-0.2, 0) is 6.54 Å². The lowest BCUT2D eigenvalue weighted by Crippen LogP contribution is -2.19. The number of nitrogens with two attached hydrogens (primary N) is 1. The van der Waals surface area contributed by atoms with Crippen LogP contribution in [0.1, 0.15) is 35.2 Å². The van der Waals surface area contributed by atoms with E-state index in [0.717, 1.165) is 18.5 Å². The predicted molar refractivity (Wildman–Crippen MR) is 75.7 cm³/mol. The molecule has 0 aliphatic heterocycles. The fraction of sp³-hybridized carbons (Fsp3) is 0.250. The second kappa shape index (κ2) is 5.03. The molecule has 3 heteroatoms. The van der Waals surface area contributed by atoms with Crippen molar-refractivity contribution in [1.82, 2.24) is 5.32 Å². The molecule has 3 nitrogen and oxygen atoms in total. The first-order valence-corrected chi connectivity index (χ1v) is 6.60. The highest BCUT2D eigenvalue weighted by Gasteiger charge is 2.27. The largest absolute Gasteiger partial charge is 0.508 e. The number of phenolic OH excluding ortho intramolecular Hbond substituents is 1. The molecule has 2 aromatic rings. The number of hydrogen-bond donors (Lipinski definition) is 3. The van der Waals surface area contributed by atoms with E-state index in [9.17, 15) is 5.11 Å². The van der Waals surface area contributed by atoms with Crippen LogP contribution in [0.3, 0.4) is 0 Å². The molecular formula is C16H18N2O. The summed E-state index contributed by atoms with van der Waals surface area (Å²) in [5.41, 5.74) is 9.88. The van der Waals surface area contributed by atoms with Crippen molar-refractivity contribution < 1.29 is 5.11 Å². The Kier molecular flexibility index (Phi) is 3.23. The van der Waals surface area contributed by atoms with Crippen LogP contribution in [0.4, 0.5) is 0 Å². The number of aromatic hydroxyl groups is 1. The molecule has 98 valence electrons. The van der Waals surface area contributed by atoms with Crippen LogP contribution in [0.25, 0.3) is 0 Å². The van der Waals surface area contributed by atoms with Gasteiger partial charge in [-0.05, 0) is 35.2 Å². The van der Waals surface area contributed by atoms with Gasteiger partial charge in [-0.15, -0.1) is 0 Å². The van der Waals surface area contributed by atoms with Crippen LogP contribution < -0.4 is 11.1 Å². The summed E-state index contributed by atoms with van der Waals surface area (Å²) in [5, 5.41) is 12.8. The second-order valence-electron chi connectivity index (χ2n) is 5.07. The summed E-state index contributed by atoms with van der Waals surface area (Å²) in [7, 11) is 0. The average molecular weight is 254 g/mol. The van der Waals surface area contributed by atoms with Gasteiger partial charge < -0.3 is 16.2 Å². The molecule has 3 rings (SSSR count). The smallest absolute Gasteiger partial charge is 0.115 e. The Hall–Kier alpha value is -1.84. The van der Waals surface area contributed by atoms with Gasteiger partial charge in [-0.25, -0.2) is 0 Å². The summed E-state index contributed by atoms with van der Waals surface area (Å²) < 4.78 is 0. The molecule has 1 aliphatic rings. The van der Waals surface area contributed by atoms with Crippen molar-refractivity contribution in [2.45, 2.75) is 25.0 Å². The van der Waals surface area contributed by atoms with Crippen molar-refractivity contribution in [1.29, 1.82) is 0 Å². The lowest BCUT2D eigenvalue weighted by molar-refractivity contribution is 0.474. The second-order valence-corrected chi connectivity index (χ2v) is 5.07. The molecule has 2 unspecified atom stereocenters. The van der Waals surface area contributed by atoms with Crippen molar-refractivity contribution in [3.05, 3.63) is 65.2 Å². The Morgan fingerprint density at radius 3 is 2.47 bits per heavy atom. The summed E-state index contributed by atoms with van der Waals surface area (Å²) in [6, 6.07) is 16.1. The number of nitrogens with one attached hydrogen (secondary N) is 1. The molecule has 1 aliphatic carbocycles. The third-order valence-electron chi connectivity index (χ3n) is 3.75. The van der Waals surface area contributed by atoms with Gasteiger partial charge >= 0.3 is 0 Å². The molecule has 0 saturated heterocycles. The molecule has 19 heavy (non-hydrogen) atoms. The van der Waals surface area contributed by atoms with Gasteiger partial charge in [0.1, 0.15) is 5.75 Å². The molecule has 0 amide bonds. The van der Waals surface area contributed by atoms with Crippen LogP contribution in [0.15, 0.2) is 48.5 Å². The zero-order chi connectivity index (χ0) is 13.2. The Morgan fingerprint density at radius 1 is 1.05 bits per heavy atom. The fourth-order valence-electron chi connectivity index (χ4n) is 2.72. The molecule has 0 aromatic heterocycles. The molecule has 0 fully saturated rings. The van der Waals surface area contributed by atoms with E-state index in [0.29, 0.717) is 11.8 Å². The zero-order valence-corrected chi connectivity index (χ0v) is 10.7. The van der Waals surface area contributed by atoms with Crippen LogP contribution in [0, 0.1) is 0 Å². The summed E-state index contributed by atoms with van der Waals surface area (Å²) in [4.78, 5) is 0. The molecular weight excluding hydrogens is 236 g/mol. The summed E-state index contributed by atoms with van der Waals surface area (Å²) >= 11 is 0. The van der Waals surface area contributed by atoms with E-state index < -0.39 is 0 Å². The van der Waals surface area contributed by atoms with Gasteiger partial charge in [0.05, 0.1) is 0 Å². The van der Waals surface area contributed by atoms with Gasteiger partial charge in [0, 0.05) is 18.6 Å². The Balaban J connectivity index is 1.70. The summed E-state index contributed by atoms with van der Waals surface area (Å²) in [5.74, 6) is 0.303. The zero-order valence-electron chi connectivity index (χ0n) is 10.7. The van der Waals surface area contributed by atoms with Crippen LogP contribution >= 0.6 is 0 Å². The number of rotatable bonds is 3. The first-order valence-electron chi connectivity index (χ1n) is 6.60. The summed E-state index contributed by atoms with van der Waals surface area (Å²) in [6.45, 7) is 0.784.